The molecule has 0 amide bonds. The van der Waals surface area contributed by atoms with Crippen LogP contribution in [0.5, 0.6) is 0 Å². The lowest BCUT2D eigenvalue weighted by atomic mass is 9.77. The zero-order valence-corrected chi connectivity index (χ0v) is 13.1. The Bertz CT molecular complexity index is 709. The van der Waals surface area contributed by atoms with Crippen LogP contribution in [0.15, 0.2) is 30.3 Å². The number of hydrogen-bond acceptors (Lipinski definition) is 3. The highest BCUT2D eigenvalue weighted by Gasteiger charge is 2.25. The zero-order chi connectivity index (χ0) is 15.0. The quantitative estimate of drug-likeness (QED) is 0.852. The summed E-state index contributed by atoms with van der Waals surface area (Å²) < 4.78 is 0. The molecule has 1 heterocycles. The zero-order valence-electron chi connectivity index (χ0n) is 12.3. The summed E-state index contributed by atoms with van der Waals surface area (Å²) in [5.41, 5.74) is 11.6. The van der Waals surface area contributed by atoms with Crippen molar-refractivity contribution in [3.05, 3.63) is 58.3 Å². The van der Waals surface area contributed by atoms with Gasteiger partial charge in [-0.25, -0.2) is 4.98 Å². The number of thiocarbonyl (C=S) groups is 1. The standard InChI is InChI=1S/C17H19N3S/c1-10-7-11(2)20-17(15(10)16(18)21)19-9-13-8-12-5-3-4-6-14(12)13/h3-7,13H,8-9H2,1-2H3,(H2,18,21)(H,19,20). The number of nitrogens with zero attached hydrogens (tertiary/aromatic N) is 1. The molecule has 0 radical (unpaired) electrons. The lowest BCUT2D eigenvalue weighted by Gasteiger charge is -2.30. The molecule has 0 bridgehead atoms. The lowest BCUT2D eigenvalue weighted by Crippen LogP contribution is -2.26. The number of aromatic nitrogens is 1. The Balaban J connectivity index is 1.79. The Labute approximate surface area is 130 Å². The van der Waals surface area contributed by atoms with E-state index in [-0.39, 0.29) is 0 Å². The van der Waals surface area contributed by atoms with Gasteiger partial charge in [0.1, 0.15) is 10.8 Å². The molecular weight excluding hydrogens is 278 g/mol. The number of benzene rings is 1. The molecule has 0 spiro atoms. The van der Waals surface area contributed by atoms with Crippen LogP contribution in [0.1, 0.15) is 33.9 Å². The molecule has 108 valence electrons. The van der Waals surface area contributed by atoms with E-state index in [1.165, 1.54) is 11.1 Å². The molecule has 1 aliphatic rings. The van der Waals surface area contributed by atoms with Crippen LogP contribution in [-0.2, 0) is 6.42 Å². The fourth-order valence-corrected chi connectivity index (χ4v) is 3.30. The highest BCUT2D eigenvalue weighted by molar-refractivity contribution is 7.80. The van der Waals surface area contributed by atoms with Gasteiger partial charge in [-0.3, -0.25) is 0 Å². The minimum atomic E-state index is 0.400. The minimum Gasteiger partial charge on any atom is -0.389 e. The van der Waals surface area contributed by atoms with Gasteiger partial charge in [0.05, 0.1) is 5.56 Å². The van der Waals surface area contributed by atoms with Gasteiger partial charge < -0.3 is 11.1 Å². The van der Waals surface area contributed by atoms with E-state index in [0.717, 1.165) is 35.6 Å². The van der Waals surface area contributed by atoms with Crippen LogP contribution in [0.25, 0.3) is 0 Å². The predicted octanol–water partition coefficient (Wildman–Crippen LogP) is 3.08. The Morgan fingerprint density at radius 3 is 2.86 bits per heavy atom. The maximum atomic E-state index is 5.85. The van der Waals surface area contributed by atoms with E-state index in [0.29, 0.717) is 10.9 Å². The van der Waals surface area contributed by atoms with Crippen molar-refractivity contribution in [3.8, 4) is 0 Å². The summed E-state index contributed by atoms with van der Waals surface area (Å²) in [5.74, 6) is 1.35. The van der Waals surface area contributed by atoms with Crippen LogP contribution in [0.3, 0.4) is 0 Å². The van der Waals surface area contributed by atoms with Crippen molar-refractivity contribution in [1.82, 2.24) is 4.98 Å². The fraction of sp³-hybridized carbons (Fsp3) is 0.294. The van der Waals surface area contributed by atoms with Gasteiger partial charge in [0.25, 0.3) is 0 Å². The Kier molecular flexibility index (Phi) is 3.64. The molecule has 1 atom stereocenters. The number of pyridine rings is 1. The number of fused-ring (bicyclic) bond motifs is 1. The van der Waals surface area contributed by atoms with Gasteiger partial charge in [-0.2, -0.15) is 0 Å². The van der Waals surface area contributed by atoms with E-state index < -0.39 is 0 Å². The van der Waals surface area contributed by atoms with Gasteiger partial charge in [0.2, 0.25) is 0 Å². The molecule has 2 aromatic rings. The predicted molar refractivity (Wildman–Crippen MR) is 91.0 cm³/mol. The van der Waals surface area contributed by atoms with Crippen molar-refractivity contribution in [3.63, 3.8) is 0 Å². The molecule has 1 aliphatic carbocycles. The van der Waals surface area contributed by atoms with E-state index in [1.54, 1.807) is 0 Å². The van der Waals surface area contributed by atoms with Crippen LogP contribution in [0.4, 0.5) is 5.82 Å². The second kappa shape index (κ2) is 5.45. The van der Waals surface area contributed by atoms with E-state index >= 15 is 0 Å². The SMILES string of the molecule is Cc1cc(C)c(C(N)=S)c(NCC2Cc3ccccc32)n1. The average Bonchev–Trinajstić information content (AvgIpc) is 2.38. The monoisotopic (exact) mass is 297 g/mol. The van der Waals surface area contributed by atoms with Crippen LogP contribution in [-0.4, -0.2) is 16.5 Å². The number of aryl methyl sites for hydroxylation is 2. The largest absolute Gasteiger partial charge is 0.389 e. The van der Waals surface area contributed by atoms with Crippen LogP contribution >= 0.6 is 12.2 Å². The van der Waals surface area contributed by atoms with E-state index in [9.17, 15) is 0 Å². The molecule has 3 rings (SSSR count). The number of hydrogen-bond donors (Lipinski definition) is 2. The fourth-order valence-electron chi connectivity index (χ4n) is 3.04. The molecule has 1 aromatic carbocycles. The number of anilines is 1. The smallest absolute Gasteiger partial charge is 0.136 e. The molecule has 21 heavy (non-hydrogen) atoms. The van der Waals surface area contributed by atoms with Crippen LogP contribution < -0.4 is 11.1 Å². The summed E-state index contributed by atoms with van der Waals surface area (Å²) >= 11 is 5.16. The van der Waals surface area contributed by atoms with Crippen LogP contribution in [0, 0.1) is 13.8 Å². The summed E-state index contributed by atoms with van der Waals surface area (Å²) in [6, 6.07) is 10.6. The van der Waals surface area contributed by atoms with Crippen molar-refractivity contribution in [2.75, 3.05) is 11.9 Å². The first-order valence-corrected chi connectivity index (χ1v) is 7.57. The highest BCUT2D eigenvalue weighted by atomic mass is 32.1. The topological polar surface area (TPSA) is 50.9 Å². The van der Waals surface area contributed by atoms with E-state index in [1.807, 2.05) is 19.9 Å². The third-order valence-corrected chi connectivity index (χ3v) is 4.27. The van der Waals surface area contributed by atoms with Crippen LogP contribution in [0.2, 0.25) is 0 Å². The molecule has 1 unspecified atom stereocenters. The van der Waals surface area contributed by atoms with Gasteiger partial charge in [-0.1, -0.05) is 36.5 Å². The van der Waals surface area contributed by atoms with Gasteiger partial charge in [0, 0.05) is 18.2 Å². The number of rotatable bonds is 4. The summed E-state index contributed by atoms with van der Waals surface area (Å²) in [4.78, 5) is 4.96. The number of nitrogens with one attached hydrogen (secondary N) is 1. The van der Waals surface area contributed by atoms with Crippen molar-refractivity contribution < 1.29 is 0 Å². The third-order valence-electron chi connectivity index (χ3n) is 4.07. The molecule has 4 heteroatoms. The molecule has 0 fully saturated rings. The Morgan fingerprint density at radius 2 is 2.14 bits per heavy atom. The molecular formula is C17H19N3S. The molecule has 0 saturated carbocycles. The maximum Gasteiger partial charge on any atom is 0.136 e. The summed E-state index contributed by atoms with van der Waals surface area (Å²) in [5, 5.41) is 3.44. The third kappa shape index (κ3) is 2.63. The van der Waals surface area contributed by atoms with E-state index in [4.69, 9.17) is 18.0 Å². The van der Waals surface area contributed by atoms with Crippen molar-refractivity contribution in [2.45, 2.75) is 26.2 Å². The molecule has 3 nitrogen and oxygen atoms in total. The van der Waals surface area contributed by atoms with Gasteiger partial charge in [-0.15, -0.1) is 0 Å². The second-order valence-corrected chi connectivity index (χ2v) is 6.09. The van der Waals surface area contributed by atoms with E-state index in [2.05, 4.69) is 34.6 Å². The second-order valence-electron chi connectivity index (χ2n) is 5.65. The van der Waals surface area contributed by atoms with Gasteiger partial charge in [0.15, 0.2) is 0 Å². The summed E-state index contributed by atoms with van der Waals surface area (Å²) in [6.07, 6.45) is 1.12. The van der Waals surface area contributed by atoms with Gasteiger partial charge in [-0.05, 0) is 43.0 Å². The summed E-state index contributed by atoms with van der Waals surface area (Å²) in [6.45, 7) is 4.87. The minimum absolute atomic E-state index is 0.400. The van der Waals surface area contributed by atoms with Gasteiger partial charge >= 0.3 is 0 Å². The molecule has 0 aliphatic heterocycles. The normalized spacial score (nSPS) is 16.0. The first kappa shape index (κ1) is 14.0. The molecule has 3 N–H and O–H groups in total. The Morgan fingerprint density at radius 1 is 1.38 bits per heavy atom. The van der Waals surface area contributed by atoms with Crippen molar-refractivity contribution in [1.29, 1.82) is 0 Å². The van der Waals surface area contributed by atoms with Crippen molar-refractivity contribution >= 4 is 23.0 Å². The number of nitrogens with two attached hydrogens (primary N) is 1. The first-order valence-electron chi connectivity index (χ1n) is 7.16. The summed E-state index contributed by atoms with van der Waals surface area (Å²) in [7, 11) is 0. The molecule has 0 saturated heterocycles. The molecule has 1 aromatic heterocycles. The lowest BCUT2D eigenvalue weighted by molar-refractivity contribution is 0.634. The van der Waals surface area contributed by atoms with Crippen molar-refractivity contribution in [2.24, 2.45) is 5.73 Å². The average molecular weight is 297 g/mol. The highest BCUT2D eigenvalue weighted by Crippen LogP contribution is 2.35. The first-order chi connectivity index (χ1) is 10.1. The maximum absolute atomic E-state index is 5.85. The Hall–Kier alpha value is -1.94.